The Kier molecular flexibility index (Phi) is 7.15. The molecule has 4 nitrogen and oxygen atoms in total. The number of rotatable bonds is 9. The SMILES string of the molecule is C=CCCOCCNCc1ncc(C)c(OC)c1C. The van der Waals surface area contributed by atoms with Gasteiger partial charge in [-0.15, -0.1) is 6.58 Å². The Hall–Kier alpha value is -1.39. The van der Waals surface area contributed by atoms with E-state index in [1.54, 1.807) is 7.11 Å². The van der Waals surface area contributed by atoms with Crippen LogP contribution >= 0.6 is 0 Å². The highest BCUT2D eigenvalue weighted by molar-refractivity contribution is 5.40. The van der Waals surface area contributed by atoms with Crippen LogP contribution in [0.2, 0.25) is 0 Å². The minimum absolute atomic E-state index is 0.704. The zero-order valence-corrected chi connectivity index (χ0v) is 12.2. The highest BCUT2D eigenvalue weighted by Crippen LogP contribution is 2.23. The van der Waals surface area contributed by atoms with Crippen molar-refractivity contribution >= 4 is 0 Å². The van der Waals surface area contributed by atoms with Gasteiger partial charge in [0.2, 0.25) is 0 Å². The largest absolute Gasteiger partial charge is 0.496 e. The smallest absolute Gasteiger partial charge is 0.128 e. The fourth-order valence-electron chi connectivity index (χ4n) is 1.87. The Morgan fingerprint density at radius 2 is 2.16 bits per heavy atom. The summed E-state index contributed by atoms with van der Waals surface area (Å²) < 4.78 is 10.8. The number of methoxy groups -OCH3 is 1. The van der Waals surface area contributed by atoms with Crippen LogP contribution in [0.15, 0.2) is 18.9 Å². The van der Waals surface area contributed by atoms with Gasteiger partial charge in [0.1, 0.15) is 5.75 Å². The van der Waals surface area contributed by atoms with E-state index in [1.807, 2.05) is 26.1 Å². The first-order valence-corrected chi connectivity index (χ1v) is 6.59. The second-order valence-corrected chi connectivity index (χ2v) is 4.41. The van der Waals surface area contributed by atoms with Gasteiger partial charge in [0.05, 0.1) is 26.0 Å². The summed E-state index contributed by atoms with van der Waals surface area (Å²) in [6, 6.07) is 0. The van der Waals surface area contributed by atoms with E-state index in [-0.39, 0.29) is 0 Å². The topological polar surface area (TPSA) is 43.4 Å². The molecule has 0 aliphatic carbocycles. The van der Waals surface area contributed by atoms with E-state index in [2.05, 4.69) is 16.9 Å². The number of ether oxygens (including phenoxy) is 2. The normalized spacial score (nSPS) is 10.5. The van der Waals surface area contributed by atoms with Crippen molar-refractivity contribution in [2.45, 2.75) is 26.8 Å². The Morgan fingerprint density at radius 3 is 2.84 bits per heavy atom. The van der Waals surface area contributed by atoms with E-state index < -0.39 is 0 Å². The zero-order chi connectivity index (χ0) is 14.1. The van der Waals surface area contributed by atoms with Gasteiger partial charge < -0.3 is 14.8 Å². The molecule has 0 aliphatic heterocycles. The van der Waals surface area contributed by atoms with E-state index >= 15 is 0 Å². The van der Waals surface area contributed by atoms with E-state index in [0.717, 1.165) is 48.7 Å². The van der Waals surface area contributed by atoms with Crippen LogP contribution < -0.4 is 10.1 Å². The number of nitrogens with one attached hydrogen (secondary N) is 1. The van der Waals surface area contributed by atoms with Crippen LogP contribution in [0.25, 0.3) is 0 Å². The van der Waals surface area contributed by atoms with Crippen LogP contribution in [0, 0.1) is 13.8 Å². The molecule has 1 N–H and O–H groups in total. The van der Waals surface area contributed by atoms with Gasteiger partial charge in [0, 0.05) is 30.4 Å². The lowest BCUT2D eigenvalue weighted by atomic mass is 10.1. The fraction of sp³-hybridized carbons (Fsp3) is 0.533. The lowest BCUT2D eigenvalue weighted by Crippen LogP contribution is -2.20. The molecule has 0 unspecified atom stereocenters. The lowest BCUT2D eigenvalue weighted by Gasteiger charge is -2.12. The van der Waals surface area contributed by atoms with Crippen LogP contribution in [0.4, 0.5) is 0 Å². The molecule has 1 rings (SSSR count). The molecular formula is C15H24N2O2. The van der Waals surface area contributed by atoms with Gasteiger partial charge in [0.15, 0.2) is 0 Å². The molecule has 0 aliphatic rings. The van der Waals surface area contributed by atoms with Gasteiger partial charge in [-0.25, -0.2) is 0 Å². The summed E-state index contributed by atoms with van der Waals surface area (Å²) in [5, 5.41) is 3.32. The van der Waals surface area contributed by atoms with Crippen LogP contribution in [-0.4, -0.2) is 31.9 Å². The molecule has 0 radical (unpaired) electrons. The summed E-state index contributed by atoms with van der Waals surface area (Å²) in [6.07, 6.45) is 4.61. The monoisotopic (exact) mass is 264 g/mol. The average Bonchev–Trinajstić information content (AvgIpc) is 2.40. The Morgan fingerprint density at radius 1 is 1.37 bits per heavy atom. The number of nitrogens with zero attached hydrogens (tertiary/aromatic N) is 1. The second kappa shape index (κ2) is 8.67. The number of hydrogen-bond donors (Lipinski definition) is 1. The minimum atomic E-state index is 0.704. The summed E-state index contributed by atoms with van der Waals surface area (Å²) >= 11 is 0. The number of hydrogen-bond acceptors (Lipinski definition) is 4. The summed E-state index contributed by atoms with van der Waals surface area (Å²) in [6.45, 7) is 10.7. The summed E-state index contributed by atoms with van der Waals surface area (Å²) in [4.78, 5) is 4.44. The van der Waals surface area contributed by atoms with Crippen molar-refractivity contribution in [3.05, 3.63) is 35.7 Å². The molecule has 1 heterocycles. The predicted octanol–water partition coefficient (Wildman–Crippen LogP) is 2.39. The van der Waals surface area contributed by atoms with Crippen molar-refractivity contribution in [3.8, 4) is 5.75 Å². The maximum Gasteiger partial charge on any atom is 0.128 e. The predicted molar refractivity (Wildman–Crippen MR) is 77.6 cm³/mol. The fourth-order valence-corrected chi connectivity index (χ4v) is 1.87. The Bertz CT molecular complexity index is 405. The van der Waals surface area contributed by atoms with Gasteiger partial charge in [-0.2, -0.15) is 0 Å². The highest BCUT2D eigenvalue weighted by atomic mass is 16.5. The summed E-state index contributed by atoms with van der Waals surface area (Å²) in [7, 11) is 1.69. The van der Waals surface area contributed by atoms with Gasteiger partial charge in [-0.3, -0.25) is 4.98 Å². The van der Waals surface area contributed by atoms with Crippen molar-refractivity contribution in [1.82, 2.24) is 10.3 Å². The molecule has 0 spiro atoms. The highest BCUT2D eigenvalue weighted by Gasteiger charge is 2.08. The molecular weight excluding hydrogens is 240 g/mol. The molecule has 106 valence electrons. The van der Waals surface area contributed by atoms with E-state index in [9.17, 15) is 0 Å². The van der Waals surface area contributed by atoms with Crippen molar-refractivity contribution in [3.63, 3.8) is 0 Å². The third-order valence-electron chi connectivity index (χ3n) is 2.93. The van der Waals surface area contributed by atoms with Crippen molar-refractivity contribution < 1.29 is 9.47 Å². The van der Waals surface area contributed by atoms with Crippen molar-refractivity contribution in [2.24, 2.45) is 0 Å². The molecule has 1 aromatic heterocycles. The van der Waals surface area contributed by atoms with Gasteiger partial charge in [-0.05, 0) is 20.3 Å². The lowest BCUT2D eigenvalue weighted by molar-refractivity contribution is 0.140. The molecule has 1 aromatic rings. The molecule has 0 aromatic carbocycles. The van der Waals surface area contributed by atoms with E-state index in [4.69, 9.17) is 9.47 Å². The third kappa shape index (κ3) is 5.01. The first kappa shape index (κ1) is 15.7. The number of aromatic nitrogens is 1. The molecule has 0 amide bonds. The van der Waals surface area contributed by atoms with Crippen LogP contribution in [0.1, 0.15) is 23.2 Å². The zero-order valence-electron chi connectivity index (χ0n) is 12.2. The molecule has 0 fully saturated rings. The number of pyridine rings is 1. The molecule has 0 saturated carbocycles. The first-order valence-electron chi connectivity index (χ1n) is 6.59. The summed E-state index contributed by atoms with van der Waals surface area (Å²) in [5.74, 6) is 0.925. The van der Waals surface area contributed by atoms with Crippen LogP contribution in [-0.2, 0) is 11.3 Å². The summed E-state index contributed by atoms with van der Waals surface area (Å²) in [5.41, 5.74) is 3.19. The number of aryl methyl sites for hydroxylation is 1. The molecule has 0 atom stereocenters. The van der Waals surface area contributed by atoms with Gasteiger partial charge >= 0.3 is 0 Å². The van der Waals surface area contributed by atoms with Crippen LogP contribution in [0.3, 0.4) is 0 Å². The van der Waals surface area contributed by atoms with E-state index in [0.29, 0.717) is 6.61 Å². The van der Waals surface area contributed by atoms with Crippen molar-refractivity contribution in [1.29, 1.82) is 0 Å². The first-order chi connectivity index (χ1) is 9.20. The third-order valence-corrected chi connectivity index (χ3v) is 2.93. The molecule has 0 saturated heterocycles. The van der Waals surface area contributed by atoms with E-state index in [1.165, 1.54) is 0 Å². The van der Waals surface area contributed by atoms with Crippen molar-refractivity contribution in [2.75, 3.05) is 26.9 Å². The molecule has 4 heteroatoms. The van der Waals surface area contributed by atoms with Gasteiger partial charge in [-0.1, -0.05) is 6.08 Å². The molecule has 19 heavy (non-hydrogen) atoms. The minimum Gasteiger partial charge on any atom is -0.496 e. The average molecular weight is 264 g/mol. The Labute approximate surface area is 115 Å². The Balaban J connectivity index is 2.35. The standard InChI is InChI=1S/C15H24N2O2/c1-5-6-8-19-9-7-16-11-14-13(3)15(18-4)12(2)10-17-14/h5,10,16H,1,6-9,11H2,2-4H3. The second-order valence-electron chi connectivity index (χ2n) is 4.41. The van der Waals surface area contributed by atoms with Gasteiger partial charge in [0.25, 0.3) is 0 Å². The quantitative estimate of drug-likeness (QED) is 0.549. The maximum atomic E-state index is 5.43. The molecule has 0 bridgehead atoms. The maximum absolute atomic E-state index is 5.43. The van der Waals surface area contributed by atoms with Crippen LogP contribution in [0.5, 0.6) is 5.75 Å².